The number of ether oxygens (including phenoxy) is 1. The van der Waals surface area contributed by atoms with E-state index in [0.29, 0.717) is 11.3 Å². The van der Waals surface area contributed by atoms with E-state index in [1.165, 1.54) is 6.07 Å². The minimum absolute atomic E-state index is 0.0328. The molecule has 0 aliphatic carbocycles. The molecule has 80 valence electrons. The first kappa shape index (κ1) is 11.5. The van der Waals surface area contributed by atoms with Gasteiger partial charge >= 0.3 is 0 Å². The molecule has 15 heavy (non-hydrogen) atoms. The lowest BCUT2D eigenvalue weighted by Crippen LogP contribution is -2.05. The van der Waals surface area contributed by atoms with Crippen LogP contribution in [-0.4, -0.2) is 12.6 Å². The average molecular weight is 207 g/mol. The Bertz CT molecular complexity index is 390. The van der Waals surface area contributed by atoms with Crippen molar-refractivity contribution in [3.05, 3.63) is 29.6 Å². The molecule has 0 bridgehead atoms. The number of hydrogen-bond donors (Lipinski definition) is 1. The highest BCUT2D eigenvalue weighted by molar-refractivity contribution is 5.39. The first-order valence-electron chi connectivity index (χ1n) is 4.78. The Kier molecular flexibility index (Phi) is 4.14. The zero-order valence-electron chi connectivity index (χ0n) is 8.88. The van der Waals surface area contributed by atoms with Crippen molar-refractivity contribution < 1.29 is 9.13 Å². The highest BCUT2D eigenvalue weighted by Crippen LogP contribution is 2.17. The smallest absolute Gasteiger partial charge is 0.142 e. The van der Waals surface area contributed by atoms with Gasteiger partial charge in [0, 0.05) is 6.07 Å². The van der Waals surface area contributed by atoms with Gasteiger partial charge in [0.1, 0.15) is 11.6 Å². The fourth-order valence-corrected chi connectivity index (χ4v) is 1.09. The number of nitrogens with two attached hydrogens (primary N) is 1. The Labute approximate surface area is 89.2 Å². The zero-order chi connectivity index (χ0) is 11.3. The maximum absolute atomic E-state index is 13.4. The van der Waals surface area contributed by atoms with E-state index in [2.05, 4.69) is 11.8 Å². The standard InChI is InChI=1S/C12H14FNO/c1-9(2)15-11-6-5-10(4-3-7-14)12(13)8-11/h5-6,8-9H,7,14H2,1-2H3. The molecule has 1 rings (SSSR count). The molecule has 2 nitrogen and oxygen atoms in total. The van der Waals surface area contributed by atoms with Crippen LogP contribution in [0.5, 0.6) is 5.75 Å². The van der Waals surface area contributed by atoms with E-state index >= 15 is 0 Å². The molecule has 3 heteroatoms. The molecule has 0 saturated heterocycles. The van der Waals surface area contributed by atoms with Gasteiger partial charge in [-0.2, -0.15) is 0 Å². The Morgan fingerprint density at radius 1 is 1.47 bits per heavy atom. The minimum atomic E-state index is -0.380. The van der Waals surface area contributed by atoms with Crippen molar-refractivity contribution in [2.75, 3.05) is 6.54 Å². The van der Waals surface area contributed by atoms with Crippen molar-refractivity contribution in [2.45, 2.75) is 20.0 Å². The summed E-state index contributed by atoms with van der Waals surface area (Å²) in [4.78, 5) is 0. The van der Waals surface area contributed by atoms with E-state index in [9.17, 15) is 4.39 Å². The molecule has 0 amide bonds. The van der Waals surface area contributed by atoms with E-state index in [-0.39, 0.29) is 18.5 Å². The van der Waals surface area contributed by atoms with Crippen molar-refractivity contribution >= 4 is 0 Å². The summed E-state index contributed by atoms with van der Waals surface area (Å²) in [7, 11) is 0. The molecule has 0 aliphatic rings. The number of rotatable bonds is 2. The van der Waals surface area contributed by atoms with E-state index in [4.69, 9.17) is 10.5 Å². The second-order valence-corrected chi connectivity index (χ2v) is 3.31. The van der Waals surface area contributed by atoms with Crippen molar-refractivity contribution in [1.29, 1.82) is 0 Å². The third-order valence-corrected chi connectivity index (χ3v) is 1.64. The summed E-state index contributed by atoms with van der Waals surface area (Å²) >= 11 is 0. The number of benzene rings is 1. The molecule has 0 aromatic heterocycles. The van der Waals surface area contributed by atoms with Gasteiger partial charge in [-0.25, -0.2) is 4.39 Å². The van der Waals surface area contributed by atoms with Crippen molar-refractivity contribution in [1.82, 2.24) is 0 Å². The van der Waals surface area contributed by atoms with Gasteiger partial charge in [0.25, 0.3) is 0 Å². The first-order chi connectivity index (χ1) is 7.13. The molecule has 1 aromatic rings. The molecule has 0 saturated carbocycles. The summed E-state index contributed by atoms with van der Waals surface area (Å²) in [6, 6.07) is 4.62. The van der Waals surface area contributed by atoms with Gasteiger partial charge < -0.3 is 10.5 Å². The van der Waals surface area contributed by atoms with E-state index in [0.717, 1.165) is 0 Å². The summed E-state index contributed by atoms with van der Waals surface area (Å²) in [5.41, 5.74) is 5.55. The SMILES string of the molecule is CC(C)Oc1ccc(C#CCN)c(F)c1. The summed E-state index contributed by atoms with van der Waals surface area (Å²) in [5, 5.41) is 0. The maximum Gasteiger partial charge on any atom is 0.142 e. The molecular formula is C12H14FNO. The van der Waals surface area contributed by atoms with Crippen molar-refractivity contribution in [2.24, 2.45) is 5.73 Å². The van der Waals surface area contributed by atoms with Crippen LogP contribution in [-0.2, 0) is 0 Å². The molecular weight excluding hydrogens is 193 g/mol. The van der Waals surface area contributed by atoms with Gasteiger partial charge in [-0.15, -0.1) is 0 Å². The van der Waals surface area contributed by atoms with Crippen LogP contribution in [0.2, 0.25) is 0 Å². The molecule has 1 aromatic carbocycles. The summed E-state index contributed by atoms with van der Waals surface area (Å²) in [6.45, 7) is 4.00. The second-order valence-electron chi connectivity index (χ2n) is 3.31. The zero-order valence-corrected chi connectivity index (χ0v) is 8.88. The maximum atomic E-state index is 13.4. The number of halogens is 1. The second kappa shape index (κ2) is 5.38. The van der Waals surface area contributed by atoms with Gasteiger partial charge in [0.15, 0.2) is 0 Å². The summed E-state index contributed by atoms with van der Waals surface area (Å²) in [5.74, 6) is 5.38. The molecule has 0 aliphatic heterocycles. The van der Waals surface area contributed by atoms with Crippen LogP contribution >= 0.6 is 0 Å². The predicted octanol–water partition coefficient (Wildman–Crippen LogP) is 1.92. The van der Waals surface area contributed by atoms with Crippen molar-refractivity contribution in [3.63, 3.8) is 0 Å². The third-order valence-electron chi connectivity index (χ3n) is 1.64. The normalized spacial score (nSPS) is 9.67. The van der Waals surface area contributed by atoms with Crippen LogP contribution in [0.3, 0.4) is 0 Å². The largest absolute Gasteiger partial charge is 0.491 e. The molecule has 0 fully saturated rings. The van der Waals surface area contributed by atoms with E-state index in [1.807, 2.05) is 13.8 Å². The van der Waals surface area contributed by atoms with Crippen LogP contribution in [0, 0.1) is 17.7 Å². The van der Waals surface area contributed by atoms with Crippen LogP contribution in [0.25, 0.3) is 0 Å². The monoisotopic (exact) mass is 207 g/mol. The summed E-state index contributed by atoms with van der Waals surface area (Å²) < 4.78 is 18.7. The van der Waals surface area contributed by atoms with Crippen LogP contribution in [0.4, 0.5) is 4.39 Å². The van der Waals surface area contributed by atoms with E-state index < -0.39 is 0 Å². The van der Waals surface area contributed by atoms with Crippen LogP contribution < -0.4 is 10.5 Å². The van der Waals surface area contributed by atoms with Crippen LogP contribution in [0.1, 0.15) is 19.4 Å². The van der Waals surface area contributed by atoms with Gasteiger partial charge in [0.2, 0.25) is 0 Å². The average Bonchev–Trinajstić information content (AvgIpc) is 2.15. The first-order valence-corrected chi connectivity index (χ1v) is 4.78. The summed E-state index contributed by atoms with van der Waals surface area (Å²) in [6.07, 6.45) is 0.0328. The lowest BCUT2D eigenvalue weighted by molar-refractivity contribution is 0.241. The lowest BCUT2D eigenvalue weighted by atomic mass is 10.2. The molecule has 0 spiro atoms. The molecule has 0 heterocycles. The van der Waals surface area contributed by atoms with Gasteiger partial charge in [-0.05, 0) is 26.0 Å². The van der Waals surface area contributed by atoms with Gasteiger partial charge in [-0.1, -0.05) is 11.8 Å². The third kappa shape index (κ3) is 3.61. The minimum Gasteiger partial charge on any atom is -0.491 e. The molecule has 2 N–H and O–H groups in total. The van der Waals surface area contributed by atoms with Crippen LogP contribution in [0.15, 0.2) is 18.2 Å². The van der Waals surface area contributed by atoms with E-state index in [1.54, 1.807) is 12.1 Å². The number of hydrogen-bond acceptors (Lipinski definition) is 2. The Morgan fingerprint density at radius 3 is 2.73 bits per heavy atom. The predicted molar refractivity (Wildman–Crippen MR) is 58.1 cm³/mol. The molecule has 0 atom stereocenters. The molecule has 0 unspecified atom stereocenters. The topological polar surface area (TPSA) is 35.2 Å². The van der Waals surface area contributed by atoms with Gasteiger partial charge in [-0.3, -0.25) is 0 Å². The highest BCUT2D eigenvalue weighted by atomic mass is 19.1. The fourth-order valence-electron chi connectivity index (χ4n) is 1.09. The van der Waals surface area contributed by atoms with Crippen molar-refractivity contribution in [3.8, 4) is 17.6 Å². The Balaban J connectivity index is 2.88. The Morgan fingerprint density at radius 2 is 2.20 bits per heavy atom. The Hall–Kier alpha value is -1.53. The van der Waals surface area contributed by atoms with Gasteiger partial charge in [0.05, 0.1) is 18.2 Å². The quantitative estimate of drug-likeness (QED) is 0.752. The lowest BCUT2D eigenvalue weighted by Gasteiger charge is -2.09. The fraction of sp³-hybridized carbons (Fsp3) is 0.333. The highest BCUT2D eigenvalue weighted by Gasteiger charge is 2.03. The molecule has 0 radical (unpaired) electrons.